The van der Waals surface area contributed by atoms with Crippen LogP contribution in [0.15, 0.2) is 18.5 Å². The number of carboxylic acid groups (broad SMARTS) is 1. The molecule has 1 aromatic heterocycles. The number of aromatic nitrogens is 1. The molecule has 5 nitrogen and oxygen atoms in total. The number of aliphatic carboxylic acids is 1. The van der Waals surface area contributed by atoms with Crippen molar-refractivity contribution in [2.75, 3.05) is 6.54 Å². The number of pyridine rings is 1. The zero-order valence-electron chi connectivity index (χ0n) is 10.2. The molecule has 1 atom stereocenters. The van der Waals surface area contributed by atoms with E-state index < -0.39 is 23.6 Å². The van der Waals surface area contributed by atoms with Crippen molar-refractivity contribution in [2.24, 2.45) is 11.8 Å². The number of nitrogens with zero attached hydrogens (tertiary/aromatic N) is 1. The van der Waals surface area contributed by atoms with E-state index in [-0.39, 0.29) is 18.0 Å². The molecule has 0 spiro atoms. The third-order valence-electron chi connectivity index (χ3n) is 2.62. The quantitative estimate of drug-likeness (QED) is 0.830. The van der Waals surface area contributed by atoms with Crippen molar-refractivity contribution in [3.63, 3.8) is 0 Å². The summed E-state index contributed by atoms with van der Waals surface area (Å²) in [6.07, 6.45) is 2.24. The van der Waals surface area contributed by atoms with Gasteiger partial charge < -0.3 is 10.4 Å². The second kappa shape index (κ2) is 6.09. The van der Waals surface area contributed by atoms with Crippen LogP contribution in [0.5, 0.6) is 0 Å². The molecule has 1 unspecified atom stereocenters. The topological polar surface area (TPSA) is 79.3 Å². The van der Waals surface area contributed by atoms with E-state index in [1.54, 1.807) is 13.8 Å². The van der Waals surface area contributed by atoms with Gasteiger partial charge in [0.1, 0.15) is 0 Å². The second-order valence-electron chi connectivity index (χ2n) is 4.25. The Hall–Kier alpha value is -1.98. The maximum Gasteiger partial charge on any atom is 0.308 e. The standard InChI is InChI=1S/C12H15FN2O3/c1-7(2)9(12(17)18)5-15-11(16)8-3-4-14-6-10(8)13/h3-4,6-7,9H,5H2,1-2H3,(H,15,16)(H,17,18). The third-order valence-corrected chi connectivity index (χ3v) is 2.62. The van der Waals surface area contributed by atoms with Gasteiger partial charge in [-0.1, -0.05) is 13.8 Å². The van der Waals surface area contributed by atoms with Crippen LogP contribution in [-0.4, -0.2) is 28.5 Å². The number of amides is 1. The highest BCUT2D eigenvalue weighted by atomic mass is 19.1. The van der Waals surface area contributed by atoms with Gasteiger partial charge in [-0.15, -0.1) is 0 Å². The van der Waals surface area contributed by atoms with E-state index in [4.69, 9.17) is 5.11 Å². The number of halogens is 1. The van der Waals surface area contributed by atoms with Gasteiger partial charge in [-0.05, 0) is 12.0 Å². The van der Waals surface area contributed by atoms with Crippen LogP contribution in [0.4, 0.5) is 4.39 Å². The summed E-state index contributed by atoms with van der Waals surface area (Å²) in [5, 5.41) is 11.4. The monoisotopic (exact) mass is 254 g/mol. The van der Waals surface area contributed by atoms with Crippen LogP contribution in [-0.2, 0) is 4.79 Å². The molecule has 0 aliphatic rings. The lowest BCUT2D eigenvalue weighted by Crippen LogP contribution is -2.35. The molecule has 6 heteroatoms. The summed E-state index contributed by atoms with van der Waals surface area (Å²) in [6, 6.07) is 1.25. The number of nitrogens with one attached hydrogen (secondary N) is 1. The van der Waals surface area contributed by atoms with E-state index in [1.165, 1.54) is 12.3 Å². The predicted molar refractivity (Wildman–Crippen MR) is 62.5 cm³/mol. The summed E-state index contributed by atoms with van der Waals surface area (Å²) in [7, 11) is 0. The van der Waals surface area contributed by atoms with E-state index >= 15 is 0 Å². The van der Waals surface area contributed by atoms with Gasteiger partial charge in [-0.3, -0.25) is 14.6 Å². The average molecular weight is 254 g/mol. The molecular formula is C12H15FN2O3. The van der Waals surface area contributed by atoms with Crippen LogP contribution in [0.1, 0.15) is 24.2 Å². The fraction of sp³-hybridized carbons (Fsp3) is 0.417. The molecule has 1 aromatic rings. The molecule has 1 amide bonds. The molecule has 18 heavy (non-hydrogen) atoms. The summed E-state index contributed by atoms with van der Waals surface area (Å²) in [5.41, 5.74) is -0.141. The number of hydrogen-bond acceptors (Lipinski definition) is 3. The molecule has 0 aliphatic heterocycles. The van der Waals surface area contributed by atoms with E-state index in [9.17, 15) is 14.0 Å². The smallest absolute Gasteiger partial charge is 0.308 e. The fourth-order valence-electron chi connectivity index (χ4n) is 1.47. The average Bonchev–Trinajstić information content (AvgIpc) is 2.28. The molecule has 0 fully saturated rings. The molecule has 0 saturated carbocycles. The summed E-state index contributed by atoms with van der Waals surface area (Å²) >= 11 is 0. The molecule has 0 saturated heterocycles. The van der Waals surface area contributed by atoms with Crippen LogP contribution in [0.25, 0.3) is 0 Å². The number of carbonyl (C=O) groups excluding carboxylic acids is 1. The Morgan fingerprint density at radius 1 is 1.50 bits per heavy atom. The number of hydrogen-bond donors (Lipinski definition) is 2. The van der Waals surface area contributed by atoms with E-state index in [1.807, 2.05) is 0 Å². The highest BCUT2D eigenvalue weighted by molar-refractivity contribution is 5.94. The van der Waals surface area contributed by atoms with E-state index in [0.29, 0.717) is 0 Å². The van der Waals surface area contributed by atoms with Gasteiger partial charge in [-0.25, -0.2) is 4.39 Å². The minimum absolute atomic E-state index is 0.0341. The first kappa shape index (κ1) is 14.1. The molecule has 0 aliphatic carbocycles. The Bertz CT molecular complexity index is 449. The van der Waals surface area contributed by atoms with Crippen molar-refractivity contribution in [3.8, 4) is 0 Å². The Morgan fingerprint density at radius 2 is 2.17 bits per heavy atom. The third kappa shape index (κ3) is 3.51. The summed E-state index contributed by atoms with van der Waals surface area (Å²) in [6.45, 7) is 3.46. The first-order valence-corrected chi connectivity index (χ1v) is 5.54. The maximum absolute atomic E-state index is 13.2. The molecule has 0 bridgehead atoms. The Labute approximate surface area is 104 Å². The molecule has 1 rings (SSSR count). The Balaban J connectivity index is 2.66. The molecule has 0 aromatic carbocycles. The lowest BCUT2D eigenvalue weighted by Gasteiger charge is -2.16. The SMILES string of the molecule is CC(C)C(CNC(=O)c1ccncc1F)C(=O)O. The maximum atomic E-state index is 13.2. The zero-order valence-corrected chi connectivity index (χ0v) is 10.2. The first-order chi connectivity index (χ1) is 8.43. The van der Waals surface area contributed by atoms with Crippen molar-refractivity contribution < 1.29 is 19.1 Å². The summed E-state index contributed by atoms with van der Waals surface area (Å²) < 4.78 is 13.2. The van der Waals surface area contributed by atoms with Crippen molar-refractivity contribution in [3.05, 3.63) is 29.8 Å². The van der Waals surface area contributed by atoms with Crippen molar-refractivity contribution >= 4 is 11.9 Å². The van der Waals surface area contributed by atoms with Crippen molar-refractivity contribution in [1.82, 2.24) is 10.3 Å². The van der Waals surface area contributed by atoms with Gasteiger partial charge in [0.2, 0.25) is 0 Å². The second-order valence-corrected chi connectivity index (χ2v) is 4.25. The van der Waals surface area contributed by atoms with Crippen LogP contribution >= 0.6 is 0 Å². The zero-order chi connectivity index (χ0) is 13.7. The van der Waals surface area contributed by atoms with Crippen molar-refractivity contribution in [2.45, 2.75) is 13.8 Å². The number of carbonyl (C=O) groups is 2. The summed E-state index contributed by atoms with van der Waals surface area (Å²) in [4.78, 5) is 26.1. The first-order valence-electron chi connectivity index (χ1n) is 5.54. The number of carboxylic acids is 1. The van der Waals surface area contributed by atoms with Gasteiger partial charge in [0, 0.05) is 12.7 Å². The number of rotatable bonds is 5. The van der Waals surface area contributed by atoms with Crippen LogP contribution in [0.3, 0.4) is 0 Å². The molecule has 98 valence electrons. The lowest BCUT2D eigenvalue weighted by molar-refractivity contribution is -0.142. The molecule has 0 radical (unpaired) electrons. The molecule has 2 N–H and O–H groups in total. The van der Waals surface area contributed by atoms with E-state index in [0.717, 1.165) is 6.20 Å². The van der Waals surface area contributed by atoms with Crippen molar-refractivity contribution in [1.29, 1.82) is 0 Å². The largest absolute Gasteiger partial charge is 0.481 e. The van der Waals surface area contributed by atoms with Crippen LogP contribution < -0.4 is 5.32 Å². The minimum Gasteiger partial charge on any atom is -0.481 e. The van der Waals surface area contributed by atoms with Gasteiger partial charge in [0.15, 0.2) is 5.82 Å². The Kier molecular flexibility index (Phi) is 4.76. The van der Waals surface area contributed by atoms with E-state index in [2.05, 4.69) is 10.3 Å². The van der Waals surface area contributed by atoms with Crippen LogP contribution in [0, 0.1) is 17.7 Å². The van der Waals surface area contributed by atoms with Gasteiger partial charge >= 0.3 is 5.97 Å². The highest BCUT2D eigenvalue weighted by Gasteiger charge is 2.22. The van der Waals surface area contributed by atoms with Crippen LogP contribution in [0.2, 0.25) is 0 Å². The molecule has 1 heterocycles. The van der Waals surface area contributed by atoms with Gasteiger partial charge in [-0.2, -0.15) is 0 Å². The normalized spacial score (nSPS) is 12.2. The highest BCUT2D eigenvalue weighted by Crippen LogP contribution is 2.10. The lowest BCUT2D eigenvalue weighted by atomic mass is 9.96. The predicted octanol–water partition coefficient (Wildman–Crippen LogP) is 1.31. The molecular weight excluding hydrogens is 239 g/mol. The van der Waals surface area contributed by atoms with Gasteiger partial charge in [0.25, 0.3) is 5.91 Å². The fourth-order valence-corrected chi connectivity index (χ4v) is 1.47. The van der Waals surface area contributed by atoms with Gasteiger partial charge in [0.05, 0.1) is 17.7 Å². The summed E-state index contributed by atoms with van der Waals surface area (Å²) in [5.74, 6) is -3.17. The Morgan fingerprint density at radius 3 is 2.67 bits per heavy atom. The minimum atomic E-state index is -0.986.